The Labute approximate surface area is 168 Å². The molecule has 1 aromatic carbocycles. The number of quaternary nitrogens is 1. The van der Waals surface area contributed by atoms with Gasteiger partial charge < -0.3 is 24.8 Å². The van der Waals surface area contributed by atoms with E-state index in [4.69, 9.17) is 4.74 Å². The van der Waals surface area contributed by atoms with Crippen LogP contribution in [0.2, 0.25) is 0 Å². The van der Waals surface area contributed by atoms with Gasteiger partial charge in [0, 0.05) is 12.6 Å². The number of benzene rings is 1. The molecule has 28 heavy (non-hydrogen) atoms. The molecule has 156 valence electrons. The van der Waals surface area contributed by atoms with E-state index in [1.165, 1.54) is 9.80 Å². The van der Waals surface area contributed by atoms with Crippen LogP contribution in [-0.2, 0) is 9.59 Å². The fourth-order valence-corrected chi connectivity index (χ4v) is 3.35. The van der Waals surface area contributed by atoms with Gasteiger partial charge in [-0.3, -0.25) is 9.59 Å². The molecule has 0 bridgehead atoms. The van der Waals surface area contributed by atoms with Crippen molar-refractivity contribution in [1.82, 2.24) is 10.2 Å². The second-order valence-corrected chi connectivity index (χ2v) is 8.36. The lowest BCUT2D eigenvalue weighted by molar-refractivity contribution is -0.892. The summed E-state index contributed by atoms with van der Waals surface area (Å²) in [5.41, 5.74) is 0.825. The molecular formula is C21H35N4O3+. The summed E-state index contributed by atoms with van der Waals surface area (Å²) >= 11 is 0. The lowest BCUT2D eigenvalue weighted by Gasteiger charge is -2.34. The Hall–Kier alpha value is -2.28. The molecule has 7 heteroatoms. The van der Waals surface area contributed by atoms with Gasteiger partial charge in [0.2, 0.25) is 5.91 Å². The molecule has 2 rings (SSSR count). The van der Waals surface area contributed by atoms with E-state index in [1.54, 1.807) is 7.05 Å². The van der Waals surface area contributed by atoms with Crippen LogP contribution in [0.4, 0.5) is 5.69 Å². The molecule has 1 aliphatic heterocycles. The Morgan fingerprint density at radius 3 is 2.46 bits per heavy atom. The van der Waals surface area contributed by atoms with Crippen molar-refractivity contribution < 1.29 is 19.2 Å². The quantitative estimate of drug-likeness (QED) is 0.695. The van der Waals surface area contributed by atoms with E-state index >= 15 is 0 Å². The number of hydrogen-bond acceptors (Lipinski definition) is 4. The first-order valence-electron chi connectivity index (χ1n) is 10.0. The number of ether oxygens (including phenoxy) is 1. The summed E-state index contributed by atoms with van der Waals surface area (Å²) in [6.45, 7) is 12.5. The number of carbonyl (C=O) groups excluding carboxylic acids is 2. The monoisotopic (exact) mass is 391 g/mol. The fourth-order valence-electron chi connectivity index (χ4n) is 3.35. The van der Waals surface area contributed by atoms with Gasteiger partial charge in [-0.2, -0.15) is 0 Å². The van der Waals surface area contributed by atoms with Gasteiger partial charge in [-0.25, -0.2) is 0 Å². The average Bonchev–Trinajstić information content (AvgIpc) is 2.61. The number of amides is 2. The summed E-state index contributed by atoms with van der Waals surface area (Å²) in [6, 6.07) is 8.10. The second-order valence-electron chi connectivity index (χ2n) is 8.36. The van der Waals surface area contributed by atoms with Crippen molar-refractivity contribution in [1.29, 1.82) is 0 Å². The van der Waals surface area contributed by atoms with Gasteiger partial charge in [0.15, 0.2) is 6.54 Å². The maximum atomic E-state index is 12.5. The maximum Gasteiger partial charge on any atom is 0.277 e. The van der Waals surface area contributed by atoms with Crippen LogP contribution < -0.4 is 19.9 Å². The lowest BCUT2D eigenvalue weighted by Crippen LogP contribution is -3.15. The highest BCUT2D eigenvalue weighted by Crippen LogP contribution is 2.27. The van der Waals surface area contributed by atoms with Crippen LogP contribution in [0, 0.1) is 0 Å². The molecule has 2 amide bonds. The minimum Gasteiger partial charge on any atom is -0.492 e. The van der Waals surface area contributed by atoms with Gasteiger partial charge in [-0.15, -0.1) is 0 Å². The minimum atomic E-state index is -0.291. The smallest absolute Gasteiger partial charge is 0.277 e. The molecule has 2 N–H and O–H groups in total. The van der Waals surface area contributed by atoms with Gasteiger partial charge >= 0.3 is 0 Å². The largest absolute Gasteiger partial charge is 0.492 e. The van der Waals surface area contributed by atoms with Gasteiger partial charge in [0.05, 0.1) is 45.0 Å². The first kappa shape index (κ1) is 22.0. The van der Waals surface area contributed by atoms with Gasteiger partial charge in [0.1, 0.15) is 5.75 Å². The number of rotatable bonds is 7. The zero-order chi connectivity index (χ0) is 20.7. The van der Waals surface area contributed by atoms with Gasteiger partial charge in [-0.05, 0) is 39.8 Å². The molecule has 1 saturated heterocycles. The number of hydrogen-bond donors (Lipinski definition) is 2. The molecule has 0 radical (unpaired) electrons. The molecule has 0 saturated carbocycles. The number of anilines is 1. The molecule has 0 aliphatic carbocycles. The number of para-hydroxylation sites is 2. The van der Waals surface area contributed by atoms with Crippen LogP contribution in [0.1, 0.15) is 27.7 Å². The van der Waals surface area contributed by atoms with E-state index in [-0.39, 0.29) is 23.9 Å². The van der Waals surface area contributed by atoms with Crippen molar-refractivity contribution in [3.8, 4) is 5.75 Å². The summed E-state index contributed by atoms with van der Waals surface area (Å²) in [4.78, 5) is 29.6. The highest BCUT2D eigenvalue weighted by Gasteiger charge is 2.26. The molecular weight excluding hydrogens is 356 g/mol. The fraction of sp³-hybridized carbons (Fsp3) is 0.619. The summed E-state index contributed by atoms with van der Waals surface area (Å²) in [5.74, 6) is 0.784. The topological polar surface area (TPSA) is 66.3 Å². The standard InChI is InChI=1S/C21H34N4O3/c1-6-28-18-10-8-7-9-17(18)25-13-11-24(12-14-25)16-20(27)23(5)15-19(26)22-21(2,3)4/h7-10H,6,11-16H2,1-5H3,(H,22,26)/p+1. The first-order chi connectivity index (χ1) is 13.2. The Bertz CT molecular complexity index is 664. The predicted molar refractivity (Wildman–Crippen MR) is 111 cm³/mol. The highest BCUT2D eigenvalue weighted by molar-refractivity contribution is 5.85. The van der Waals surface area contributed by atoms with E-state index in [0.29, 0.717) is 13.2 Å². The molecule has 0 spiro atoms. The summed E-state index contributed by atoms with van der Waals surface area (Å²) in [6.07, 6.45) is 0. The van der Waals surface area contributed by atoms with Crippen LogP contribution in [0.15, 0.2) is 24.3 Å². The van der Waals surface area contributed by atoms with E-state index in [0.717, 1.165) is 37.6 Å². The summed E-state index contributed by atoms with van der Waals surface area (Å²) in [5, 5.41) is 2.89. The van der Waals surface area contributed by atoms with Crippen LogP contribution >= 0.6 is 0 Å². The number of likely N-dealkylation sites (N-methyl/N-ethyl adjacent to an activating group) is 1. The van der Waals surface area contributed by atoms with Crippen molar-refractivity contribution in [2.75, 3.05) is 57.8 Å². The zero-order valence-corrected chi connectivity index (χ0v) is 17.9. The Balaban J connectivity index is 1.82. The second kappa shape index (κ2) is 9.78. The summed E-state index contributed by atoms with van der Waals surface area (Å²) in [7, 11) is 1.69. The molecule has 1 fully saturated rings. The lowest BCUT2D eigenvalue weighted by atomic mass is 10.1. The molecule has 0 aromatic heterocycles. The molecule has 7 nitrogen and oxygen atoms in total. The highest BCUT2D eigenvalue weighted by atomic mass is 16.5. The SMILES string of the molecule is CCOc1ccccc1N1CC[NH+](CC(=O)N(C)CC(=O)NC(C)(C)C)CC1. The van der Waals surface area contributed by atoms with Crippen molar-refractivity contribution in [2.45, 2.75) is 33.2 Å². The molecule has 1 aromatic rings. The van der Waals surface area contributed by atoms with E-state index in [1.807, 2.05) is 45.9 Å². The van der Waals surface area contributed by atoms with E-state index in [2.05, 4.69) is 16.3 Å². The third-order valence-electron chi connectivity index (χ3n) is 4.70. The molecule has 1 aliphatic rings. The van der Waals surface area contributed by atoms with E-state index in [9.17, 15) is 9.59 Å². The van der Waals surface area contributed by atoms with Crippen molar-refractivity contribution in [2.24, 2.45) is 0 Å². The average molecular weight is 392 g/mol. The first-order valence-corrected chi connectivity index (χ1v) is 10.0. The number of piperazine rings is 1. The van der Waals surface area contributed by atoms with Crippen LogP contribution in [0.3, 0.4) is 0 Å². The van der Waals surface area contributed by atoms with Gasteiger partial charge in [-0.1, -0.05) is 12.1 Å². The number of carbonyl (C=O) groups is 2. The third-order valence-corrected chi connectivity index (χ3v) is 4.70. The molecule has 0 atom stereocenters. The maximum absolute atomic E-state index is 12.5. The van der Waals surface area contributed by atoms with Crippen molar-refractivity contribution in [3.05, 3.63) is 24.3 Å². The number of nitrogens with one attached hydrogen (secondary N) is 2. The van der Waals surface area contributed by atoms with Crippen LogP contribution in [0.25, 0.3) is 0 Å². The Morgan fingerprint density at radius 1 is 1.21 bits per heavy atom. The van der Waals surface area contributed by atoms with E-state index < -0.39 is 0 Å². The normalized spacial score (nSPS) is 15.2. The minimum absolute atomic E-state index is 0.00206. The molecule has 1 heterocycles. The van der Waals surface area contributed by atoms with Crippen LogP contribution in [0.5, 0.6) is 5.75 Å². The summed E-state index contributed by atoms with van der Waals surface area (Å²) < 4.78 is 5.74. The number of nitrogens with zero attached hydrogens (tertiary/aromatic N) is 2. The Kier molecular flexibility index (Phi) is 7.69. The van der Waals surface area contributed by atoms with Crippen molar-refractivity contribution >= 4 is 17.5 Å². The zero-order valence-electron chi connectivity index (χ0n) is 17.9. The predicted octanol–water partition coefficient (Wildman–Crippen LogP) is 0.163. The third kappa shape index (κ3) is 6.71. The van der Waals surface area contributed by atoms with Gasteiger partial charge in [0.25, 0.3) is 5.91 Å². The van der Waals surface area contributed by atoms with Crippen LogP contribution in [-0.4, -0.2) is 75.2 Å². The molecule has 0 unspecified atom stereocenters. The van der Waals surface area contributed by atoms with Crippen molar-refractivity contribution in [3.63, 3.8) is 0 Å². The Morgan fingerprint density at radius 2 is 1.86 bits per heavy atom.